The Kier molecular flexibility index (Phi) is 3.29. The zero-order valence-electron chi connectivity index (χ0n) is 4.98. The number of H-pyrrole nitrogens is 1. The van der Waals surface area contributed by atoms with Crippen molar-refractivity contribution in [1.82, 2.24) is 13.1 Å². The maximum Gasteiger partial charge on any atom is 0.332 e. The van der Waals surface area contributed by atoms with Gasteiger partial charge in [-0.05, 0) is 22.5 Å². The molecule has 0 spiro atoms. The summed E-state index contributed by atoms with van der Waals surface area (Å²) in [6, 6.07) is -0.594. The molecule has 1 heterocycles. The fraction of sp³-hybridized carbons (Fsp3) is 0. The number of amides is 1. The van der Waals surface area contributed by atoms with Gasteiger partial charge in [0.2, 0.25) is 0 Å². The van der Waals surface area contributed by atoms with E-state index < -0.39 is 20.4 Å². The Morgan fingerprint density at radius 3 is 2.82 bits per heavy atom. The smallest absolute Gasteiger partial charge is 0.332 e. The molecule has 2 unspecified atom stereocenters. The van der Waals surface area contributed by atoms with Crippen molar-refractivity contribution in [3.05, 3.63) is 0 Å². The third-order valence-electron chi connectivity index (χ3n) is 0.732. The SMILES string of the molecule is NC(=O)n1pnp(Cl)[nH]p1Cl. The summed E-state index contributed by atoms with van der Waals surface area (Å²) in [5, 5.41) is 0. The topological polar surface area (TPSA) is 76.7 Å². The van der Waals surface area contributed by atoms with Crippen LogP contribution in [0.25, 0.3) is 0 Å². The Hall–Kier alpha value is 0.350. The van der Waals surface area contributed by atoms with Crippen LogP contribution >= 0.6 is 45.4 Å². The second-order valence-corrected chi connectivity index (χ2v) is 7.20. The Bertz CT molecular complexity index is 305. The molecule has 0 aliphatic heterocycles. The van der Waals surface area contributed by atoms with Gasteiger partial charge in [0.05, 0.1) is 0 Å². The Morgan fingerprint density at radius 2 is 2.36 bits per heavy atom. The van der Waals surface area contributed by atoms with Crippen LogP contribution in [0, 0.1) is 0 Å². The number of nitrogens with two attached hydrogens (primary N) is 1. The highest BCUT2D eigenvalue weighted by Crippen LogP contribution is 2.38. The summed E-state index contributed by atoms with van der Waals surface area (Å²) in [6.45, 7) is 0. The van der Waals surface area contributed by atoms with Crippen molar-refractivity contribution in [2.24, 2.45) is 5.73 Å². The summed E-state index contributed by atoms with van der Waals surface area (Å²) in [4.78, 5) is 10.6. The minimum absolute atomic E-state index is 0.426. The summed E-state index contributed by atoms with van der Waals surface area (Å²) in [6.07, 6.45) is 0. The molecule has 1 aromatic heterocycles. The van der Waals surface area contributed by atoms with Crippen LogP contribution in [0.5, 0.6) is 0 Å². The lowest BCUT2D eigenvalue weighted by molar-refractivity contribution is 0.253. The van der Waals surface area contributed by atoms with Crippen LogP contribution in [0.15, 0.2) is 0 Å². The molecule has 0 bridgehead atoms. The number of halogens is 2. The molecule has 1 amide bonds. The highest BCUT2D eigenvalue weighted by molar-refractivity contribution is 7.83. The lowest BCUT2D eigenvalue weighted by atomic mass is 11.2. The first-order chi connectivity index (χ1) is 5.11. The van der Waals surface area contributed by atoms with Crippen LogP contribution in [0.1, 0.15) is 0 Å². The molecule has 10 heteroatoms. The average Bonchev–Trinajstić information content (AvgIpc) is 1.85. The van der Waals surface area contributed by atoms with E-state index in [0.29, 0.717) is 8.51 Å². The van der Waals surface area contributed by atoms with Gasteiger partial charge in [-0.1, -0.05) is 0 Å². The summed E-state index contributed by atoms with van der Waals surface area (Å²) in [7, 11) is -1.94. The number of nitrogens with one attached hydrogen (secondary N) is 1. The highest BCUT2D eigenvalue weighted by Gasteiger charge is 2.03. The van der Waals surface area contributed by atoms with Crippen LogP contribution in [-0.2, 0) is 0 Å². The normalized spacial score (nSPS) is 13.6. The molecule has 0 saturated carbocycles. The van der Waals surface area contributed by atoms with Crippen molar-refractivity contribution < 1.29 is 4.79 Å². The molecule has 11 heavy (non-hydrogen) atoms. The Labute approximate surface area is 75.4 Å². The van der Waals surface area contributed by atoms with Crippen LogP contribution < -0.4 is 5.73 Å². The number of hydrogen-bond donors (Lipinski definition) is 2. The van der Waals surface area contributed by atoms with Gasteiger partial charge in [-0.25, -0.2) is 4.79 Å². The van der Waals surface area contributed by atoms with Gasteiger partial charge >= 0.3 is 6.03 Å². The van der Waals surface area contributed by atoms with Crippen molar-refractivity contribution in [2.45, 2.75) is 0 Å². The molecule has 1 rings (SSSR count). The number of nitrogens with zero attached hydrogens (tertiary/aromatic N) is 2. The van der Waals surface area contributed by atoms with Gasteiger partial charge in [-0.2, -0.15) is 8.60 Å². The number of aromatic nitrogens is 3. The molecule has 0 radical (unpaired) electrons. The van der Waals surface area contributed by atoms with Crippen molar-refractivity contribution in [3.8, 4) is 0 Å². The van der Waals surface area contributed by atoms with Crippen LogP contribution in [0.4, 0.5) is 4.79 Å². The van der Waals surface area contributed by atoms with Crippen LogP contribution in [0.3, 0.4) is 0 Å². The number of aromatic amines is 1. The molecule has 62 valence electrons. The van der Waals surface area contributed by atoms with E-state index in [4.69, 9.17) is 28.2 Å². The fourth-order valence-electron chi connectivity index (χ4n) is 0.369. The quantitative estimate of drug-likeness (QED) is 0.743. The zero-order valence-corrected chi connectivity index (χ0v) is 9.17. The van der Waals surface area contributed by atoms with Crippen molar-refractivity contribution in [1.29, 1.82) is 0 Å². The number of primary amides is 1. The first kappa shape index (κ1) is 9.44. The first-order valence-corrected chi connectivity index (χ1v) is 7.50. The predicted octanol–water partition coefficient (Wildman–Crippen LogP) is 2.82. The van der Waals surface area contributed by atoms with Gasteiger partial charge in [0.15, 0.2) is 15.7 Å². The minimum Gasteiger partial charge on any atom is -0.350 e. The minimum atomic E-state index is -1.26. The number of hydrogen-bond acceptors (Lipinski definition) is 2. The standard InChI is InChI=1S/CH3Cl2N4OP3/c2-10-5-9-7(1(4)8)11(3)6-10/h6H,(H2,4,8). The largest absolute Gasteiger partial charge is 0.350 e. The van der Waals surface area contributed by atoms with E-state index in [2.05, 4.69) is 9.02 Å². The van der Waals surface area contributed by atoms with Crippen molar-refractivity contribution in [2.75, 3.05) is 0 Å². The summed E-state index contributed by atoms with van der Waals surface area (Å²) < 4.78 is 7.76. The second kappa shape index (κ2) is 3.84. The molecule has 2 atom stereocenters. The third-order valence-corrected chi connectivity index (χ3v) is 7.41. The molecule has 0 aliphatic rings. The number of rotatable bonds is 0. The van der Waals surface area contributed by atoms with E-state index >= 15 is 0 Å². The number of carbonyl (C=O) groups excluding carboxylic acids is 1. The second-order valence-electron chi connectivity index (χ2n) is 1.43. The van der Waals surface area contributed by atoms with Gasteiger partial charge in [0.1, 0.15) is 7.20 Å². The summed E-state index contributed by atoms with van der Waals surface area (Å²) >= 11 is 11.3. The molecule has 1 aromatic rings. The van der Waals surface area contributed by atoms with Crippen LogP contribution in [-0.4, -0.2) is 19.1 Å². The molecule has 0 aliphatic carbocycles. The van der Waals surface area contributed by atoms with E-state index in [1.807, 2.05) is 0 Å². The third kappa shape index (κ3) is 2.40. The predicted molar refractivity (Wildman–Crippen MR) is 49.6 cm³/mol. The fourth-order valence-corrected chi connectivity index (χ4v) is 5.99. The molecular weight excluding hydrogens is 248 g/mol. The Morgan fingerprint density at radius 1 is 1.73 bits per heavy atom. The van der Waals surface area contributed by atoms with Crippen molar-refractivity contribution in [3.63, 3.8) is 0 Å². The molecular formula is CH3Cl2N4OP3. The summed E-state index contributed by atoms with van der Waals surface area (Å²) in [5.74, 6) is 0. The first-order valence-electron chi connectivity index (χ1n) is 2.30. The lowest BCUT2D eigenvalue weighted by Gasteiger charge is -2.01. The van der Waals surface area contributed by atoms with Crippen molar-refractivity contribution >= 4 is 51.4 Å². The maximum atomic E-state index is 10.6. The maximum absolute atomic E-state index is 10.6. The average molecular weight is 251 g/mol. The van der Waals surface area contributed by atoms with E-state index in [9.17, 15) is 4.79 Å². The summed E-state index contributed by atoms with van der Waals surface area (Å²) in [5.41, 5.74) is 4.98. The molecule has 5 nitrogen and oxygen atoms in total. The van der Waals surface area contributed by atoms with E-state index in [1.165, 1.54) is 4.09 Å². The highest BCUT2D eigenvalue weighted by atomic mass is 35.7. The number of carbonyl (C=O) groups is 1. The lowest BCUT2D eigenvalue weighted by Crippen LogP contribution is -2.15. The Balaban J connectivity index is 3.20. The van der Waals surface area contributed by atoms with Crippen LogP contribution in [0.2, 0.25) is 0 Å². The monoisotopic (exact) mass is 250 g/mol. The van der Waals surface area contributed by atoms with Gasteiger partial charge < -0.3 is 5.73 Å². The van der Waals surface area contributed by atoms with E-state index in [0.717, 1.165) is 0 Å². The zero-order chi connectivity index (χ0) is 8.43. The molecule has 0 aromatic carbocycles. The van der Waals surface area contributed by atoms with Gasteiger partial charge in [0, 0.05) is 0 Å². The van der Waals surface area contributed by atoms with Gasteiger partial charge in [0.25, 0.3) is 0 Å². The van der Waals surface area contributed by atoms with E-state index in [1.54, 1.807) is 0 Å². The van der Waals surface area contributed by atoms with Gasteiger partial charge in [-0.15, -0.1) is 0 Å². The molecule has 0 fully saturated rings. The van der Waals surface area contributed by atoms with E-state index in [-0.39, 0.29) is 0 Å². The molecule has 3 N–H and O–H groups in total. The van der Waals surface area contributed by atoms with Gasteiger partial charge in [-0.3, -0.25) is 4.51 Å². The molecule has 0 saturated heterocycles.